The highest BCUT2D eigenvalue weighted by atomic mass is 19.1. The van der Waals surface area contributed by atoms with Crippen molar-refractivity contribution in [1.29, 1.82) is 0 Å². The highest BCUT2D eigenvalue weighted by Gasteiger charge is 2.20. The molecule has 0 saturated heterocycles. The number of aliphatic hydroxyl groups is 1. The molecular weight excluding hydrogens is 283 g/mol. The van der Waals surface area contributed by atoms with Crippen LogP contribution >= 0.6 is 0 Å². The molecule has 0 amide bonds. The summed E-state index contributed by atoms with van der Waals surface area (Å²) in [6, 6.07) is 13.1. The maximum Gasteiger partial charge on any atom is 0.333 e. The van der Waals surface area contributed by atoms with Crippen molar-refractivity contribution in [2.75, 3.05) is 0 Å². The van der Waals surface area contributed by atoms with E-state index in [1.54, 1.807) is 30.5 Å². The zero-order valence-corrected chi connectivity index (χ0v) is 12.5. The molecule has 22 heavy (non-hydrogen) atoms. The molecule has 114 valence electrons. The fraction of sp³-hybridized carbons (Fsp3) is 0.235. The third kappa shape index (κ3) is 2.55. The number of hydrogen-bond acceptors (Lipinski definition) is 2. The van der Waals surface area contributed by atoms with Gasteiger partial charge in [-0.25, -0.2) is 9.18 Å². The second-order valence-electron chi connectivity index (χ2n) is 5.98. The second kappa shape index (κ2) is 5.10. The lowest BCUT2D eigenvalue weighted by atomic mass is 10.1. The van der Waals surface area contributed by atoms with Crippen LogP contribution in [0.15, 0.2) is 53.3 Å². The predicted octanol–water partition coefficient (Wildman–Crippen LogP) is 2.70. The molecule has 0 aliphatic rings. The predicted molar refractivity (Wildman–Crippen MR) is 83.8 cm³/mol. The number of rotatable bonds is 3. The maximum atomic E-state index is 13.1. The summed E-state index contributed by atoms with van der Waals surface area (Å²) in [7, 11) is 0. The summed E-state index contributed by atoms with van der Waals surface area (Å²) >= 11 is 0. The van der Waals surface area contributed by atoms with Crippen LogP contribution in [0.5, 0.6) is 0 Å². The van der Waals surface area contributed by atoms with Crippen molar-refractivity contribution in [3.63, 3.8) is 0 Å². The lowest BCUT2D eigenvalue weighted by molar-refractivity contribution is 0.0616. The summed E-state index contributed by atoms with van der Waals surface area (Å²) in [6.07, 6.45) is 0. The van der Waals surface area contributed by atoms with Gasteiger partial charge in [-0.3, -0.25) is 9.13 Å². The summed E-state index contributed by atoms with van der Waals surface area (Å²) in [5.41, 5.74) is 0.788. The lowest BCUT2D eigenvalue weighted by Gasteiger charge is -2.17. The summed E-state index contributed by atoms with van der Waals surface area (Å²) in [5.74, 6) is -0.350. The first-order valence-corrected chi connectivity index (χ1v) is 7.05. The summed E-state index contributed by atoms with van der Waals surface area (Å²) in [5, 5.41) is 10.1. The molecule has 0 unspecified atom stereocenters. The van der Waals surface area contributed by atoms with E-state index < -0.39 is 5.60 Å². The molecular formula is C17H17FN2O2. The van der Waals surface area contributed by atoms with Crippen LogP contribution in [-0.2, 0) is 6.54 Å². The van der Waals surface area contributed by atoms with Gasteiger partial charge in [-0.15, -0.1) is 0 Å². The zero-order chi connectivity index (χ0) is 15.9. The Morgan fingerprint density at radius 2 is 1.64 bits per heavy atom. The third-order valence-electron chi connectivity index (χ3n) is 3.47. The first-order valence-electron chi connectivity index (χ1n) is 7.05. The van der Waals surface area contributed by atoms with Gasteiger partial charge in [-0.05, 0) is 50.2 Å². The van der Waals surface area contributed by atoms with Gasteiger partial charge in [0.15, 0.2) is 0 Å². The van der Waals surface area contributed by atoms with Crippen LogP contribution in [0, 0.1) is 5.82 Å². The molecule has 0 fully saturated rings. The Balaban J connectivity index is 2.29. The fourth-order valence-electron chi connectivity index (χ4n) is 2.59. The van der Waals surface area contributed by atoms with Crippen molar-refractivity contribution in [3.05, 3.63) is 64.8 Å². The second-order valence-corrected chi connectivity index (χ2v) is 5.98. The molecule has 4 nitrogen and oxygen atoms in total. The van der Waals surface area contributed by atoms with Gasteiger partial charge < -0.3 is 5.11 Å². The van der Waals surface area contributed by atoms with Gasteiger partial charge >= 0.3 is 5.69 Å². The third-order valence-corrected chi connectivity index (χ3v) is 3.47. The van der Waals surface area contributed by atoms with E-state index in [9.17, 15) is 14.3 Å². The molecule has 0 bridgehead atoms. The molecule has 0 saturated carbocycles. The minimum atomic E-state index is -1.01. The molecule has 1 heterocycles. The zero-order valence-electron chi connectivity index (χ0n) is 12.5. The van der Waals surface area contributed by atoms with E-state index in [-0.39, 0.29) is 18.1 Å². The number of fused-ring (bicyclic) bond motifs is 1. The Kier molecular flexibility index (Phi) is 3.37. The Morgan fingerprint density at radius 3 is 2.23 bits per heavy atom. The van der Waals surface area contributed by atoms with Crippen LogP contribution in [0.4, 0.5) is 4.39 Å². The van der Waals surface area contributed by atoms with Crippen LogP contribution in [0.1, 0.15) is 13.8 Å². The number of benzene rings is 2. The van der Waals surface area contributed by atoms with Crippen molar-refractivity contribution >= 4 is 11.0 Å². The topological polar surface area (TPSA) is 47.2 Å². The van der Waals surface area contributed by atoms with Crippen LogP contribution in [0.25, 0.3) is 16.7 Å². The molecule has 1 N–H and O–H groups in total. The van der Waals surface area contributed by atoms with E-state index in [1.807, 2.05) is 24.3 Å². The first-order chi connectivity index (χ1) is 10.4. The number of halogens is 1. The normalized spacial score (nSPS) is 12.0. The first kappa shape index (κ1) is 14.5. The molecule has 3 aromatic rings. The van der Waals surface area contributed by atoms with Gasteiger partial charge in [0, 0.05) is 0 Å². The van der Waals surface area contributed by atoms with E-state index in [1.165, 1.54) is 16.7 Å². The average molecular weight is 300 g/mol. The molecule has 5 heteroatoms. The van der Waals surface area contributed by atoms with Crippen molar-refractivity contribution in [2.24, 2.45) is 0 Å². The van der Waals surface area contributed by atoms with Crippen molar-refractivity contribution < 1.29 is 9.50 Å². The van der Waals surface area contributed by atoms with Gasteiger partial charge in [0.05, 0.1) is 28.9 Å². The van der Waals surface area contributed by atoms with E-state index in [0.717, 1.165) is 11.0 Å². The minimum absolute atomic E-state index is 0.181. The van der Waals surface area contributed by atoms with Gasteiger partial charge in [-0.2, -0.15) is 0 Å². The number of nitrogens with zero attached hydrogens (tertiary/aromatic N) is 2. The smallest absolute Gasteiger partial charge is 0.333 e. The Labute approximate surface area is 127 Å². The largest absolute Gasteiger partial charge is 0.389 e. The molecule has 1 aromatic heterocycles. The van der Waals surface area contributed by atoms with Crippen molar-refractivity contribution in [2.45, 2.75) is 26.0 Å². The van der Waals surface area contributed by atoms with Gasteiger partial charge in [0.2, 0.25) is 0 Å². The quantitative estimate of drug-likeness (QED) is 0.808. The minimum Gasteiger partial charge on any atom is -0.389 e. The van der Waals surface area contributed by atoms with Gasteiger partial charge in [-0.1, -0.05) is 12.1 Å². The van der Waals surface area contributed by atoms with Crippen molar-refractivity contribution in [3.8, 4) is 5.69 Å². The monoisotopic (exact) mass is 300 g/mol. The van der Waals surface area contributed by atoms with Crippen molar-refractivity contribution in [1.82, 2.24) is 9.13 Å². The molecule has 0 spiro atoms. The van der Waals surface area contributed by atoms with E-state index >= 15 is 0 Å². The summed E-state index contributed by atoms with van der Waals surface area (Å²) < 4.78 is 16.2. The Hall–Kier alpha value is -2.40. The van der Waals surface area contributed by atoms with Crippen LogP contribution in [0.3, 0.4) is 0 Å². The number of para-hydroxylation sites is 2. The van der Waals surface area contributed by atoms with Crippen LogP contribution in [0.2, 0.25) is 0 Å². The highest BCUT2D eigenvalue weighted by molar-refractivity contribution is 5.78. The van der Waals surface area contributed by atoms with E-state index in [0.29, 0.717) is 5.69 Å². The van der Waals surface area contributed by atoms with Crippen LogP contribution < -0.4 is 5.69 Å². The molecule has 0 aliphatic heterocycles. The number of imidazole rings is 1. The molecule has 2 aromatic carbocycles. The van der Waals surface area contributed by atoms with E-state index in [4.69, 9.17) is 0 Å². The Bertz CT molecular complexity index is 870. The molecule has 0 radical (unpaired) electrons. The maximum absolute atomic E-state index is 13.1. The van der Waals surface area contributed by atoms with E-state index in [2.05, 4.69) is 0 Å². The molecule has 3 rings (SSSR count). The molecule has 0 aliphatic carbocycles. The molecule has 0 atom stereocenters. The average Bonchev–Trinajstić information content (AvgIpc) is 2.72. The SMILES string of the molecule is CC(C)(O)Cn1c(=O)n(-c2ccc(F)cc2)c2ccccc21. The fourth-order valence-corrected chi connectivity index (χ4v) is 2.59. The summed E-state index contributed by atoms with van der Waals surface area (Å²) in [4.78, 5) is 12.8. The highest BCUT2D eigenvalue weighted by Crippen LogP contribution is 2.19. The Morgan fingerprint density at radius 1 is 1.05 bits per heavy atom. The lowest BCUT2D eigenvalue weighted by Crippen LogP contribution is -2.33. The standard InChI is InChI=1S/C17H17FN2O2/c1-17(2,22)11-19-14-5-3-4-6-15(14)20(16(19)21)13-9-7-12(18)8-10-13/h3-10,22H,11H2,1-2H3. The number of aromatic nitrogens is 2. The number of hydrogen-bond donors (Lipinski definition) is 1. The van der Waals surface area contributed by atoms with Gasteiger partial charge in [0.25, 0.3) is 0 Å². The summed E-state index contributed by atoms with van der Waals surface area (Å²) in [6.45, 7) is 3.49. The van der Waals surface area contributed by atoms with Crippen LogP contribution in [-0.4, -0.2) is 19.8 Å². The van der Waals surface area contributed by atoms with Gasteiger partial charge in [0.1, 0.15) is 5.82 Å².